The molecule has 1 aliphatic heterocycles. The first-order chi connectivity index (χ1) is 17.0. The summed E-state index contributed by atoms with van der Waals surface area (Å²) in [5, 5.41) is 0. The van der Waals surface area contributed by atoms with E-state index in [0.717, 1.165) is 19.3 Å². The summed E-state index contributed by atoms with van der Waals surface area (Å²) >= 11 is 0. The number of imidazole rings is 1. The molecule has 0 saturated carbocycles. The largest absolute Gasteiger partial charge is 0.454 e. The molecular formula is C26H27N5O4. The Hall–Kier alpha value is -3.98. The number of benzene rings is 2. The summed E-state index contributed by atoms with van der Waals surface area (Å²) < 4.78 is 14.2. The second kappa shape index (κ2) is 9.71. The smallest absolute Gasteiger partial charge is 0.338 e. The predicted molar refractivity (Wildman–Crippen MR) is 131 cm³/mol. The third-order valence-corrected chi connectivity index (χ3v) is 6.48. The number of carbonyl (C=O) groups is 1. The minimum absolute atomic E-state index is 0.0206. The highest BCUT2D eigenvalue weighted by Gasteiger charge is 2.47. The van der Waals surface area contributed by atoms with E-state index in [2.05, 4.69) is 27.1 Å². The summed E-state index contributed by atoms with van der Waals surface area (Å²) in [5.41, 5.74) is 7.47. The third-order valence-electron chi connectivity index (χ3n) is 6.48. The van der Waals surface area contributed by atoms with Gasteiger partial charge in [0.1, 0.15) is 0 Å². The van der Waals surface area contributed by atoms with Crippen LogP contribution in [-0.4, -0.2) is 37.7 Å². The number of hydrogen-bond donors (Lipinski definition) is 2. The van der Waals surface area contributed by atoms with E-state index in [4.69, 9.17) is 15.2 Å². The number of nitrogens with one attached hydrogen (secondary N) is 1. The molecule has 35 heavy (non-hydrogen) atoms. The van der Waals surface area contributed by atoms with Gasteiger partial charge in [-0.1, -0.05) is 55.5 Å². The molecule has 3 N–H and O–H groups in total. The first-order valence-corrected chi connectivity index (χ1v) is 11.7. The monoisotopic (exact) mass is 473 g/mol. The fourth-order valence-electron chi connectivity index (χ4n) is 4.77. The number of esters is 1. The van der Waals surface area contributed by atoms with Crippen LogP contribution in [0.4, 0.5) is 5.95 Å². The van der Waals surface area contributed by atoms with Gasteiger partial charge in [0.15, 0.2) is 23.5 Å². The van der Waals surface area contributed by atoms with Crippen LogP contribution in [0.5, 0.6) is 0 Å². The van der Waals surface area contributed by atoms with Gasteiger partial charge in [0, 0.05) is 5.92 Å². The maximum atomic E-state index is 13.1. The molecule has 2 aromatic heterocycles. The number of carbonyl (C=O) groups excluding carboxylic acids is 1. The standard InChI is InChI=1S/C26H27N5O4/c1-2-19-18(14-13-16-9-5-3-6-10-16)21(35-25(33)17-11-7-4-8-12-17)24(34-19)31-15-28-20-22(31)29-26(27)30-23(20)32/h3-12,15,18-19,21,24H,2,13-14H2,1H3,(H3,27,29,30,32)/t18-,19+,21?,24+/m0/s1. The number of nitrogens with zero attached hydrogens (tertiary/aromatic N) is 3. The van der Waals surface area contributed by atoms with E-state index in [-0.39, 0.29) is 29.1 Å². The van der Waals surface area contributed by atoms with Crippen LogP contribution in [0.2, 0.25) is 0 Å². The number of rotatable bonds is 7. The highest BCUT2D eigenvalue weighted by molar-refractivity contribution is 5.89. The minimum atomic E-state index is -0.702. The van der Waals surface area contributed by atoms with Crippen molar-refractivity contribution < 1.29 is 14.3 Å². The van der Waals surface area contributed by atoms with Crippen LogP contribution in [0.25, 0.3) is 11.2 Å². The van der Waals surface area contributed by atoms with Crippen molar-refractivity contribution in [1.82, 2.24) is 19.5 Å². The van der Waals surface area contributed by atoms with Gasteiger partial charge in [0.05, 0.1) is 18.0 Å². The average molecular weight is 474 g/mol. The number of ether oxygens (including phenoxy) is 2. The SMILES string of the molecule is CC[C@H]1O[C@@H](n2cnc3c(=O)[nH]c(N)nc32)C(OC(=O)c2ccccc2)[C@H]1CCc1ccccc1. The molecule has 0 radical (unpaired) electrons. The molecule has 9 heteroatoms. The van der Waals surface area contributed by atoms with Gasteiger partial charge in [-0.05, 0) is 37.0 Å². The van der Waals surface area contributed by atoms with Crippen molar-refractivity contribution in [2.45, 2.75) is 44.6 Å². The van der Waals surface area contributed by atoms with Crippen molar-refractivity contribution in [3.05, 3.63) is 88.5 Å². The van der Waals surface area contributed by atoms with E-state index in [0.29, 0.717) is 5.56 Å². The zero-order valence-corrected chi connectivity index (χ0v) is 19.3. The maximum absolute atomic E-state index is 13.1. The van der Waals surface area contributed by atoms with Crippen molar-refractivity contribution in [3.8, 4) is 0 Å². The lowest BCUT2D eigenvalue weighted by Gasteiger charge is -2.25. The maximum Gasteiger partial charge on any atom is 0.338 e. The van der Waals surface area contributed by atoms with Crippen LogP contribution in [0.1, 0.15) is 41.9 Å². The van der Waals surface area contributed by atoms with Gasteiger partial charge in [-0.3, -0.25) is 14.3 Å². The van der Waals surface area contributed by atoms with E-state index in [9.17, 15) is 9.59 Å². The van der Waals surface area contributed by atoms with Gasteiger partial charge >= 0.3 is 5.97 Å². The van der Waals surface area contributed by atoms with Crippen LogP contribution in [0, 0.1) is 5.92 Å². The fraction of sp³-hybridized carbons (Fsp3) is 0.308. The molecule has 9 nitrogen and oxygen atoms in total. The fourth-order valence-corrected chi connectivity index (χ4v) is 4.77. The van der Waals surface area contributed by atoms with Crippen molar-refractivity contribution in [2.24, 2.45) is 5.92 Å². The quantitative estimate of drug-likeness (QED) is 0.394. The van der Waals surface area contributed by atoms with Gasteiger partial charge in [-0.25, -0.2) is 9.78 Å². The molecular weight excluding hydrogens is 446 g/mol. The van der Waals surface area contributed by atoms with Crippen LogP contribution < -0.4 is 11.3 Å². The Kier molecular flexibility index (Phi) is 6.33. The van der Waals surface area contributed by atoms with E-state index in [1.165, 1.54) is 11.9 Å². The molecule has 0 aliphatic carbocycles. The van der Waals surface area contributed by atoms with Crippen LogP contribution in [0.3, 0.4) is 0 Å². The third kappa shape index (κ3) is 4.54. The molecule has 0 bridgehead atoms. The van der Waals surface area contributed by atoms with Crippen LogP contribution in [0.15, 0.2) is 71.8 Å². The summed E-state index contributed by atoms with van der Waals surface area (Å²) in [7, 11) is 0. The number of aryl methyl sites for hydroxylation is 1. The zero-order chi connectivity index (χ0) is 24.4. The first-order valence-electron chi connectivity index (χ1n) is 11.7. The summed E-state index contributed by atoms with van der Waals surface area (Å²) in [4.78, 5) is 36.4. The highest BCUT2D eigenvalue weighted by atomic mass is 16.6. The van der Waals surface area contributed by atoms with Gasteiger partial charge in [-0.15, -0.1) is 0 Å². The molecule has 5 rings (SSSR count). The molecule has 180 valence electrons. The Balaban J connectivity index is 1.52. The summed E-state index contributed by atoms with van der Waals surface area (Å²) in [6.07, 6.45) is 2.32. The Bertz CT molecular complexity index is 1370. The number of aromatic amines is 1. The van der Waals surface area contributed by atoms with E-state index >= 15 is 0 Å². The van der Waals surface area contributed by atoms with Crippen LogP contribution in [-0.2, 0) is 15.9 Å². The molecule has 1 fully saturated rings. The molecule has 1 saturated heterocycles. The highest BCUT2D eigenvalue weighted by Crippen LogP contribution is 2.41. The number of fused-ring (bicyclic) bond motifs is 1. The predicted octanol–water partition coefficient (Wildman–Crippen LogP) is 3.48. The number of hydrogen-bond acceptors (Lipinski definition) is 7. The molecule has 0 amide bonds. The zero-order valence-electron chi connectivity index (χ0n) is 19.3. The molecule has 0 spiro atoms. The Labute approximate surface area is 201 Å². The van der Waals surface area contributed by atoms with Gasteiger partial charge in [0.25, 0.3) is 5.56 Å². The molecule has 1 aliphatic rings. The van der Waals surface area contributed by atoms with Gasteiger partial charge in [0.2, 0.25) is 5.95 Å². The van der Waals surface area contributed by atoms with Crippen molar-refractivity contribution in [2.75, 3.05) is 5.73 Å². The molecule has 2 aromatic carbocycles. The average Bonchev–Trinajstić information content (AvgIpc) is 3.45. The Morgan fingerprint density at radius 1 is 1.14 bits per heavy atom. The molecule has 4 aromatic rings. The lowest BCUT2D eigenvalue weighted by atomic mass is 9.89. The van der Waals surface area contributed by atoms with Crippen molar-refractivity contribution >= 4 is 23.1 Å². The Morgan fingerprint density at radius 3 is 2.57 bits per heavy atom. The lowest BCUT2D eigenvalue weighted by molar-refractivity contribution is -0.0470. The van der Waals surface area contributed by atoms with Crippen LogP contribution >= 0.6 is 0 Å². The second-order valence-corrected chi connectivity index (χ2v) is 8.67. The molecule has 1 unspecified atom stereocenters. The number of nitrogen functional groups attached to an aromatic ring is 1. The number of anilines is 1. The topological polar surface area (TPSA) is 125 Å². The summed E-state index contributed by atoms with van der Waals surface area (Å²) in [6.45, 7) is 2.05. The van der Waals surface area contributed by atoms with Gasteiger partial charge in [-0.2, -0.15) is 4.98 Å². The van der Waals surface area contributed by atoms with Crippen molar-refractivity contribution in [1.29, 1.82) is 0 Å². The number of nitrogens with two attached hydrogens (primary N) is 1. The first kappa shape index (κ1) is 22.8. The lowest BCUT2D eigenvalue weighted by Crippen LogP contribution is -2.32. The minimum Gasteiger partial charge on any atom is -0.454 e. The normalized spacial score (nSPS) is 21.9. The van der Waals surface area contributed by atoms with E-state index in [1.54, 1.807) is 28.8 Å². The Morgan fingerprint density at radius 2 is 1.86 bits per heavy atom. The van der Waals surface area contributed by atoms with E-state index in [1.807, 2.05) is 31.2 Å². The number of aromatic nitrogens is 4. The second-order valence-electron chi connectivity index (χ2n) is 8.67. The molecule has 3 heterocycles. The van der Waals surface area contributed by atoms with Crippen molar-refractivity contribution in [3.63, 3.8) is 0 Å². The summed E-state index contributed by atoms with van der Waals surface area (Å²) in [5.74, 6) is -0.525. The van der Waals surface area contributed by atoms with E-state index < -0.39 is 23.9 Å². The van der Waals surface area contributed by atoms with Gasteiger partial charge < -0.3 is 15.2 Å². The number of H-pyrrole nitrogens is 1. The molecule has 4 atom stereocenters. The summed E-state index contributed by atoms with van der Waals surface area (Å²) in [6, 6.07) is 19.1.